The highest BCUT2D eigenvalue weighted by molar-refractivity contribution is 5.20. The summed E-state index contributed by atoms with van der Waals surface area (Å²) in [6.07, 6.45) is 0.670. The van der Waals surface area contributed by atoms with Crippen molar-refractivity contribution in [2.75, 3.05) is 33.5 Å². The first-order valence-electron chi connectivity index (χ1n) is 5.71. The SMILES string of the molecule is COCCOCCC(CO)c1cccc(F)c1. The van der Waals surface area contributed by atoms with E-state index in [9.17, 15) is 9.50 Å². The van der Waals surface area contributed by atoms with Gasteiger partial charge in [0.05, 0.1) is 19.8 Å². The lowest BCUT2D eigenvalue weighted by Gasteiger charge is -2.14. The topological polar surface area (TPSA) is 38.7 Å². The summed E-state index contributed by atoms with van der Waals surface area (Å²) in [5.41, 5.74) is 0.808. The van der Waals surface area contributed by atoms with Gasteiger partial charge in [0.25, 0.3) is 0 Å². The molecule has 1 aromatic carbocycles. The second-order valence-electron chi connectivity index (χ2n) is 3.83. The number of methoxy groups -OCH3 is 1. The largest absolute Gasteiger partial charge is 0.396 e. The number of hydrogen-bond donors (Lipinski definition) is 1. The van der Waals surface area contributed by atoms with Crippen molar-refractivity contribution in [2.24, 2.45) is 0 Å². The zero-order chi connectivity index (χ0) is 12.5. The number of benzene rings is 1. The molecule has 0 amide bonds. The van der Waals surface area contributed by atoms with Gasteiger partial charge in [0.2, 0.25) is 0 Å². The van der Waals surface area contributed by atoms with E-state index in [0.29, 0.717) is 26.2 Å². The van der Waals surface area contributed by atoms with Crippen LogP contribution in [0.4, 0.5) is 4.39 Å². The number of aliphatic hydroxyl groups is 1. The fraction of sp³-hybridized carbons (Fsp3) is 0.538. The van der Waals surface area contributed by atoms with Crippen LogP contribution >= 0.6 is 0 Å². The molecule has 0 heterocycles. The predicted octanol–water partition coefficient (Wildman–Crippen LogP) is 1.95. The molecule has 0 aliphatic carbocycles. The molecular formula is C13H19FO3. The van der Waals surface area contributed by atoms with Crippen molar-refractivity contribution >= 4 is 0 Å². The molecule has 96 valence electrons. The Morgan fingerprint density at radius 2 is 2.12 bits per heavy atom. The normalized spacial score (nSPS) is 12.6. The van der Waals surface area contributed by atoms with E-state index >= 15 is 0 Å². The molecule has 3 nitrogen and oxygen atoms in total. The third kappa shape index (κ3) is 5.26. The Hall–Kier alpha value is -0.970. The molecule has 1 atom stereocenters. The number of ether oxygens (including phenoxy) is 2. The summed E-state index contributed by atoms with van der Waals surface area (Å²) >= 11 is 0. The third-order valence-corrected chi connectivity index (χ3v) is 2.58. The van der Waals surface area contributed by atoms with Crippen molar-refractivity contribution in [1.29, 1.82) is 0 Å². The van der Waals surface area contributed by atoms with Crippen molar-refractivity contribution < 1.29 is 19.0 Å². The maximum Gasteiger partial charge on any atom is 0.123 e. The smallest absolute Gasteiger partial charge is 0.123 e. The lowest BCUT2D eigenvalue weighted by molar-refractivity contribution is 0.0642. The van der Waals surface area contributed by atoms with Crippen LogP contribution in [0.1, 0.15) is 17.9 Å². The Labute approximate surface area is 101 Å². The summed E-state index contributed by atoms with van der Waals surface area (Å²) in [5.74, 6) is -0.352. The van der Waals surface area contributed by atoms with Gasteiger partial charge in [-0.25, -0.2) is 4.39 Å². The molecule has 0 spiro atoms. The molecule has 0 aliphatic heterocycles. The van der Waals surface area contributed by atoms with Gasteiger partial charge in [-0.05, 0) is 24.1 Å². The lowest BCUT2D eigenvalue weighted by atomic mass is 9.97. The number of halogens is 1. The summed E-state index contributed by atoms with van der Waals surface area (Å²) < 4.78 is 23.2. The fourth-order valence-electron chi connectivity index (χ4n) is 1.59. The Morgan fingerprint density at radius 3 is 2.76 bits per heavy atom. The fourth-order valence-corrected chi connectivity index (χ4v) is 1.59. The zero-order valence-corrected chi connectivity index (χ0v) is 10.1. The molecule has 1 aromatic rings. The Kier molecular flexibility index (Phi) is 6.77. The molecule has 1 N–H and O–H groups in total. The molecule has 0 radical (unpaired) electrons. The van der Waals surface area contributed by atoms with Crippen LogP contribution in [-0.2, 0) is 9.47 Å². The van der Waals surface area contributed by atoms with E-state index < -0.39 is 0 Å². The van der Waals surface area contributed by atoms with Gasteiger partial charge in [0.1, 0.15) is 5.82 Å². The quantitative estimate of drug-likeness (QED) is 0.708. The zero-order valence-electron chi connectivity index (χ0n) is 10.1. The highest BCUT2D eigenvalue weighted by atomic mass is 19.1. The molecule has 0 aromatic heterocycles. The molecule has 4 heteroatoms. The van der Waals surface area contributed by atoms with E-state index in [4.69, 9.17) is 9.47 Å². The monoisotopic (exact) mass is 242 g/mol. The van der Waals surface area contributed by atoms with E-state index in [0.717, 1.165) is 5.56 Å². The molecule has 0 fully saturated rings. The molecule has 0 aliphatic rings. The summed E-state index contributed by atoms with van der Waals surface area (Å²) in [5, 5.41) is 9.27. The van der Waals surface area contributed by atoms with Gasteiger partial charge < -0.3 is 14.6 Å². The molecular weight excluding hydrogens is 223 g/mol. The van der Waals surface area contributed by atoms with E-state index in [1.54, 1.807) is 13.2 Å². The van der Waals surface area contributed by atoms with Crippen LogP contribution in [-0.4, -0.2) is 38.6 Å². The number of rotatable bonds is 8. The molecule has 0 bridgehead atoms. The second kappa shape index (κ2) is 8.17. The van der Waals surface area contributed by atoms with Gasteiger partial charge in [-0.3, -0.25) is 0 Å². The van der Waals surface area contributed by atoms with Gasteiger partial charge in [-0.2, -0.15) is 0 Å². The predicted molar refractivity (Wildman–Crippen MR) is 63.5 cm³/mol. The Morgan fingerprint density at radius 1 is 1.29 bits per heavy atom. The first-order valence-corrected chi connectivity index (χ1v) is 5.71. The van der Waals surface area contributed by atoms with Gasteiger partial charge in [-0.15, -0.1) is 0 Å². The molecule has 17 heavy (non-hydrogen) atoms. The molecule has 1 unspecified atom stereocenters. The highest BCUT2D eigenvalue weighted by Crippen LogP contribution is 2.19. The molecule has 1 rings (SSSR count). The first kappa shape index (κ1) is 14.1. The second-order valence-corrected chi connectivity index (χ2v) is 3.83. The molecule has 0 saturated carbocycles. The lowest BCUT2D eigenvalue weighted by Crippen LogP contribution is -2.10. The maximum atomic E-state index is 13.0. The van der Waals surface area contributed by atoms with Crippen LogP contribution < -0.4 is 0 Å². The van der Waals surface area contributed by atoms with Crippen LogP contribution in [0, 0.1) is 5.82 Å². The van der Waals surface area contributed by atoms with Crippen molar-refractivity contribution in [3.63, 3.8) is 0 Å². The first-order chi connectivity index (χ1) is 8.27. The van der Waals surface area contributed by atoms with E-state index in [2.05, 4.69) is 0 Å². The van der Waals surface area contributed by atoms with Crippen LogP contribution in [0.3, 0.4) is 0 Å². The van der Waals surface area contributed by atoms with Crippen LogP contribution in [0.25, 0.3) is 0 Å². The van der Waals surface area contributed by atoms with Gasteiger partial charge in [-0.1, -0.05) is 12.1 Å². The number of hydrogen-bond acceptors (Lipinski definition) is 3. The summed E-state index contributed by atoms with van der Waals surface area (Å²) in [6.45, 7) is 1.63. The minimum absolute atomic E-state index is 0.00289. The van der Waals surface area contributed by atoms with Crippen molar-refractivity contribution in [3.8, 4) is 0 Å². The Bertz CT molecular complexity index is 317. The number of aliphatic hydroxyl groups excluding tert-OH is 1. The standard InChI is InChI=1S/C13H19FO3/c1-16-7-8-17-6-5-12(10-15)11-3-2-4-13(14)9-11/h2-4,9,12,15H,5-8,10H2,1H3. The summed E-state index contributed by atoms with van der Waals surface area (Å²) in [7, 11) is 1.62. The van der Waals surface area contributed by atoms with E-state index in [1.165, 1.54) is 12.1 Å². The van der Waals surface area contributed by atoms with Crippen LogP contribution in [0.2, 0.25) is 0 Å². The molecule has 0 saturated heterocycles. The van der Waals surface area contributed by atoms with Crippen molar-refractivity contribution in [3.05, 3.63) is 35.6 Å². The van der Waals surface area contributed by atoms with Crippen LogP contribution in [0.15, 0.2) is 24.3 Å². The van der Waals surface area contributed by atoms with Gasteiger partial charge in [0.15, 0.2) is 0 Å². The average Bonchev–Trinajstić information content (AvgIpc) is 2.34. The minimum Gasteiger partial charge on any atom is -0.396 e. The van der Waals surface area contributed by atoms with Crippen molar-refractivity contribution in [1.82, 2.24) is 0 Å². The highest BCUT2D eigenvalue weighted by Gasteiger charge is 2.10. The average molecular weight is 242 g/mol. The summed E-state index contributed by atoms with van der Waals surface area (Å²) in [4.78, 5) is 0. The van der Waals surface area contributed by atoms with Gasteiger partial charge in [0, 0.05) is 19.6 Å². The Balaban J connectivity index is 2.38. The van der Waals surface area contributed by atoms with Crippen LogP contribution in [0.5, 0.6) is 0 Å². The third-order valence-electron chi connectivity index (χ3n) is 2.58. The minimum atomic E-state index is -0.277. The van der Waals surface area contributed by atoms with Gasteiger partial charge >= 0.3 is 0 Å². The van der Waals surface area contributed by atoms with E-state index in [1.807, 2.05) is 6.07 Å². The maximum absolute atomic E-state index is 13.0. The van der Waals surface area contributed by atoms with Crippen molar-refractivity contribution in [2.45, 2.75) is 12.3 Å². The van der Waals surface area contributed by atoms with E-state index in [-0.39, 0.29) is 18.3 Å². The summed E-state index contributed by atoms with van der Waals surface area (Å²) in [6, 6.07) is 6.32.